The van der Waals surface area contributed by atoms with Gasteiger partial charge in [0.1, 0.15) is 0 Å². The number of rotatable bonds is 4. The summed E-state index contributed by atoms with van der Waals surface area (Å²) in [4.78, 5) is 25.5. The maximum absolute atomic E-state index is 11.1. The molecule has 5 heteroatoms. The van der Waals surface area contributed by atoms with Crippen LogP contribution in [0.2, 0.25) is 0 Å². The lowest BCUT2D eigenvalue weighted by Gasteiger charge is -2.13. The molecule has 0 saturated heterocycles. The topological polar surface area (TPSA) is 79.3 Å². The van der Waals surface area contributed by atoms with Gasteiger partial charge in [0.25, 0.3) is 0 Å². The highest BCUT2D eigenvalue weighted by molar-refractivity contribution is 5.90. The fourth-order valence-electron chi connectivity index (χ4n) is 1.73. The molecule has 17 heavy (non-hydrogen) atoms. The second-order valence-corrected chi connectivity index (χ2v) is 3.51. The number of carboxylic acids is 1. The molecule has 2 rings (SSSR count). The van der Waals surface area contributed by atoms with Crippen molar-refractivity contribution in [3.05, 3.63) is 42.2 Å². The Morgan fingerprint density at radius 1 is 1.35 bits per heavy atom. The highest BCUT2D eigenvalue weighted by Crippen LogP contribution is 2.22. The Kier molecular flexibility index (Phi) is 3.00. The number of carbonyl (C=O) groups is 2. The first-order chi connectivity index (χ1) is 8.24. The van der Waals surface area contributed by atoms with E-state index in [2.05, 4.69) is 10.3 Å². The molecule has 0 fully saturated rings. The molecule has 0 bridgehead atoms. The number of benzene rings is 1. The van der Waals surface area contributed by atoms with E-state index in [1.165, 1.54) is 6.20 Å². The van der Waals surface area contributed by atoms with Crippen LogP contribution in [0.3, 0.4) is 0 Å². The predicted molar refractivity (Wildman–Crippen MR) is 61.3 cm³/mol. The number of nitrogens with one attached hydrogen (secondary N) is 1. The van der Waals surface area contributed by atoms with E-state index in [-0.39, 0.29) is 0 Å². The number of carboxylic acid groups (broad SMARTS) is 1. The molecule has 1 amide bonds. The molecule has 1 heterocycles. The van der Waals surface area contributed by atoms with Crippen molar-refractivity contribution in [2.24, 2.45) is 0 Å². The molecule has 86 valence electrons. The van der Waals surface area contributed by atoms with Crippen LogP contribution >= 0.6 is 0 Å². The van der Waals surface area contributed by atoms with Gasteiger partial charge in [0, 0.05) is 23.3 Å². The minimum absolute atomic E-state index is 0.376. The van der Waals surface area contributed by atoms with Gasteiger partial charge in [0.2, 0.25) is 6.41 Å². The lowest BCUT2D eigenvalue weighted by Crippen LogP contribution is -2.27. The summed E-state index contributed by atoms with van der Waals surface area (Å²) in [5, 5.41) is 12.9. The summed E-state index contributed by atoms with van der Waals surface area (Å²) in [5.74, 6) is -1.12. The van der Waals surface area contributed by atoms with Gasteiger partial charge >= 0.3 is 5.97 Å². The number of carbonyl (C=O) groups excluding carboxylic acids is 1. The Hall–Kier alpha value is -2.43. The number of pyridine rings is 1. The number of amides is 1. The smallest absolute Gasteiger partial charge is 0.330 e. The molecule has 1 aromatic heterocycles. The van der Waals surface area contributed by atoms with E-state index < -0.39 is 12.0 Å². The number of hydrogen-bond acceptors (Lipinski definition) is 3. The summed E-state index contributed by atoms with van der Waals surface area (Å²) >= 11 is 0. The summed E-state index contributed by atoms with van der Waals surface area (Å²) in [6.07, 6.45) is 3.48. The number of fused-ring (bicyclic) bond motifs is 1. The summed E-state index contributed by atoms with van der Waals surface area (Å²) < 4.78 is 0. The molecular weight excluding hydrogens is 220 g/mol. The van der Waals surface area contributed by atoms with Gasteiger partial charge in [0.15, 0.2) is 6.04 Å². The van der Waals surface area contributed by atoms with Crippen LogP contribution in [0, 0.1) is 0 Å². The van der Waals surface area contributed by atoms with Crippen molar-refractivity contribution < 1.29 is 14.7 Å². The molecule has 1 unspecified atom stereocenters. The average Bonchev–Trinajstić information content (AvgIpc) is 2.35. The van der Waals surface area contributed by atoms with Gasteiger partial charge in [0.05, 0.1) is 0 Å². The fraction of sp³-hybridized carbons (Fsp3) is 0.0833. The van der Waals surface area contributed by atoms with E-state index >= 15 is 0 Å². The first kappa shape index (κ1) is 11.1. The molecule has 2 aromatic rings. The second-order valence-electron chi connectivity index (χ2n) is 3.51. The van der Waals surface area contributed by atoms with Crippen molar-refractivity contribution in [2.75, 3.05) is 0 Å². The van der Waals surface area contributed by atoms with E-state index in [1.807, 2.05) is 18.2 Å². The summed E-state index contributed by atoms with van der Waals surface area (Å²) in [5.41, 5.74) is 0.475. The minimum atomic E-state index is -1.12. The zero-order valence-electron chi connectivity index (χ0n) is 8.83. The van der Waals surface area contributed by atoms with Crippen LogP contribution < -0.4 is 5.32 Å². The first-order valence-electron chi connectivity index (χ1n) is 4.99. The Balaban J connectivity index is 2.60. The number of aliphatic carboxylic acids is 1. The summed E-state index contributed by atoms with van der Waals surface area (Å²) in [6, 6.07) is 6.22. The second kappa shape index (κ2) is 4.61. The quantitative estimate of drug-likeness (QED) is 0.771. The van der Waals surface area contributed by atoms with Crippen LogP contribution in [0.25, 0.3) is 10.8 Å². The molecule has 1 aromatic carbocycles. The maximum Gasteiger partial charge on any atom is 0.330 e. The van der Waals surface area contributed by atoms with Crippen LogP contribution in [0.15, 0.2) is 36.7 Å². The molecule has 0 radical (unpaired) electrons. The molecular formula is C12H10N2O3. The van der Waals surface area contributed by atoms with Crippen molar-refractivity contribution in [3.8, 4) is 0 Å². The normalized spacial score (nSPS) is 12.0. The third-order valence-corrected chi connectivity index (χ3v) is 2.49. The monoisotopic (exact) mass is 230 g/mol. The van der Waals surface area contributed by atoms with E-state index in [9.17, 15) is 9.59 Å². The number of aromatic nitrogens is 1. The Bertz CT molecular complexity index is 563. The Morgan fingerprint density at radius 3 is 2.82 bits per heavy atom. The molecule has 0 saturated carbocycles. The third kappa shape index (κ3) is 2.08. The molecule has 0 spiro atoms. The van der Waals surface area contributed by atoms with Crippen LogP contribution in [0.4, 0.5) is 0 Å². The van der Waals surface area contributed by atoms with Gasteiger partial charge in [-0.25, -0.2) is 4.79 Å². The van der Waals surface area contributed by atoms with Gasteiger partial charge in [-0.3, -0.25) is 9.78 Å². The SMILES string of the molecule is O=CNC(C(=O)O)c1cncc2ccccc12. The Morgan fingerprint density at radius 2 is 2.12 bits per heavy atom. The molecule has 0 aliphatic heterocycles. The fourth-order valence-corrected chi connectivity index (χ4v) is 1.73. The molecule has 0 aliphatic rings. The minimum Gasteiger partial charge on any atom is -0.479 e. The lowest BCUT2D eigenvalue weighted by molar-refractivity contribution is -0.140. The van der Waals surface area contributed by atoms with E-state index in [1.54, 1.807) is 12.3 Å². The maximum atomic E-state index is 11.1. The van der Waals surface area contributed by atoms with Gasteiger partial charge in [-0.05, 0) is 5.39 Å². The predicted octanol–water partition coefficient (Wildman–Crippen LogP) is 1.11. The third-order valence-electron chi connectivity index (χ3n) is 2.49. The molecule has 0 aliphatic carbocycles. The Labute approximate surface area is 97.1 Å². The highest BCUT2D eigenvalue weighted by atomic mass is 16.4. The number of hydrogen-bond donors (Lipinski definition) is 2. The summed E-state index contributed by atoms with van der Waals surface area (Å²) in [6.45, 7) is 0. The van der Waals surface area contributed by atoms with Gasteiger partial charge < -0.3 is 10.4 Å². The van der Waals surface area contributed by atoms with Crippen molar-refractivity contribution in [1.29, 1.82) is 0 Å². The van der Waals surface area contributed by atoms with E-state index in [0.717, 1.165) is 10.8 Å². The highest BCUT2D eigenvalue weighted by Gasteiger charge is 2.21. The van der Waals surface area contributed by atoms with Gasteiger partial charge in [-0.15, -0.1) is 0 Å². The number of nitrogens with zero attached hydrogens (tertiary/aromatic N) is 1. The van der Waals surface area contributed by atoms with Crippen molar-refractivity contribution in [3.63, 3.8) is 0 Å². The molecule has 2 N–H and O–H groups in total. The van der Waals surface area contributed by atoms with Crippen molar-refractivity contribution in [2.45, 2.75) is 6.04 Å². The van der Waals surface area contributed by atoms with Crippen LogP contribution in [-0.2, 0) is 9.59 Å². The van der Waals surface area contributed by atoms with Gasteiger partial charge in [-0.2, -0.15) is 0 Å². The average molecular weight is 230 g/mol. The van der Waals surface area contributed by atoms with E-state index in [0.29, 0.717) is 12.0 Å². The molecule has 5 nitrogen and oxygen atoms in total. The first-order valence-corrected chi connectivity index (χ1v) is 4.99. The van der Waals surface area contributed by atoms with Crippen molar-refractivity contribution in [1.82, 2.24) is 10.3 Å². The van der Waals surface area contributed by atoms with Crippen LogP contribution in [-0.4, -0.2) is 22.5 Å². The van der Waals surface area contributed by atoms with E-state index in [4.69, 9.17) is 5.11 Å². The lowest BCUT2D eigenvalue weighted by atomic mass is 10.0. The largest absolute Gasteiger partial charge is 0.479 e. The zero-order valence-corrected chi connectivity index (χ0v) is 8.83. The van der Waals surface area contributed by atoms with Crippen LogP contribution in [0.1, 0.15) is 11.6 Å². The van der Waals surface area contributed by atoms with Crippen molar-refractivity contribution >= 4 is 23.2 Å². The standard InChI is InChI=1S/C12H10N2O3/c15-7-14-11(12(16)17)10-6-13-5-8-3-1-2-4-9(8)10/h1-7,11H,(H,14,15)(H,16,17). The molecule has 1 atom stereocenters. The zero-order chi connectivity index (χ0) is 12.3. The van der Waals surface area contributed by atoms with Crippen LogP contribution in [0.5, 0.6) is 0 Å². The summed E-state index contributed by atoms with van der Waals surface area (Å²) in [7, 11) is 0. The van der Waals surface area contributed by atoms with Gasteiger partial charge in [-0.1, -0.05) is 24.3 Å².